The van der Waals surface area contributed by atoms with E-state index in [1.165, 1.54) is 12.8 Å². The molecule has 3 heteroatoms. The number of nitrogens with two attached hydrogens (primary N) is 1. The van der Waals surface area contributed by atoms with Crippen molar-refractivity contribution in [2.24, 2.45) is 5.73 Å². The zero-order valence-corrected chi connectivity index (χ0v) is 9.31. The Morgan fingerprint density at radius 3 is 2.07 bits per heavy atom. The van der Waals surface area contributed by atoms with Crippen molar-refractivity contribution in [3.05, 3.63) is 35.9 Å². The second kappa shape index (κ2) is 8.00. The molecule has 0 aromatic heterocycles. The lowest BCUT2D eigenvalue weighted by atomic mass is 10.1. The molecule has 0 radical (unpaired) electrons. The average Bonchev–Trinajstić information content (AvgIpc) is 2.29. The van der Waals surface area contributed by atoms with Crippen molar-refractivity contribution >= 4 is 5.91 Å². The number of carbonyl (C=O) groups excluding carboxylic acids is 1. The van der Waals surface area contributed by atoms with Gasteiger partial charge in [-0.25, -0.2) is 0 Å². The highest BCUT2D eigenvalue weighted by Crippen LogP contribution is 2.10. The average molecular weight is 209 g/mol. The van der Waals surface area contributed by atoms with E-state index in [0.29, 0.717) is 5.56 Å². The van der Waals surface area contributed by atoms with Crippen LogP contribution in [0.4, 0.5) is 0 Å². The summed E-state index contributed by atoms with van der Waals surface area (Å²) in [5.74, 6) is -0.726. The fourth-order valence-electron chi connectivity index (χ4n) is 0.800. The van der Waals surface area contributed by atoms with Crippen LogP contribution in [0.5, 0.6) is 0 Å². The van der Waals surface area contributed by atoms with Gasteiger partial charge in [-0.05, 0) is 5.56 Å². The van der Waals surface area contributed by atoms with Crippen LogP contribution in [0.2, 0.25) is 0 Å². The second-order valence-corrected chi connectivity index (χ2v) is 3.22. The molecular formula is C12H19NO2. The van der Waals surface area contributed by atoms with E-state index in [4.69, 9.17) is 10.8 Å². The van der Waals surface area contributed by atoms with Crippen LogP contribution in [0.15, 0.2) is 30.3 Å². The Balaban J connectivity index is 0.000000423. The van der Waals surface area contributed by atoms with Crippen molar-refractivity contribution < 1.29 is 9.90 Å². The molecule has 3 N–H and O–H groups in total. The van der Waals surface area contributed by atoms with Crippen LogP contribution in [-0.2, 0) is 4.79 Å². The van der Waals surface area contributed by atoms with Gasteiger partial charge in [0.05, 0.1) is 0 Å². The van der Waals surface area contributed by atoms with Crippen molar-refractivity contribution in [2.75, 3.05) is 0 Å². The third-order valence-electron chi connectivity index (χ3n) is 1.88. The summed E-state index contributed by atoms with van der Waals surface area (Å²) in [5, 5.41) is 9.12. The number of benzene rings is 1. The van der Waals surface area contributed by atoms with E-state index in [1.54, 1.807) is 30.3 Å². The summed E-state index contributed by atoms with van der Waals surface area (Å²) < 4.78 is 0. The van der Waals surface area contributed by atoms with Crippen LogP contribution in [0.3, 0.4) is 0 Å². The first-order valence-electron chi connectivity index (χ1n) is 5.15. The normalized spacial score (nSPS) is 11.1. The van der Waals surface area contributed by atoms with Crippen molar-refractivity contribution in [1.82, 2.24) is 0 Å². The van der Waals surface area contributed by atoms with Gasteiger partial charge in [0.1, 0.15) is 0 Å². The summed E-state index contributed by atoms with van der Waals surface area (Å²) in [6.45, 7) is 4.36. The van der Waals surface area contributed by atoms with E-state index < -0.39 is 12.0 Å². The highest BCUT2D eigenvalue weighted by molar-refractivity contribution is 5.79. The minimum Gasteiger partial charge on any atom is -0.378 e. The van der Waals surface area contributed by atoms with Gasteiger partial charge in [0, 0.05) is 0 Å². The molecule has 1 unspecified atom stereocenters. The predicted octanol–water partition coefficient (Wildman–Crippen LogP) is 2.01. The summed E-state index contributed by atoms with van der Waals surface area (Å²) >= 11 is 0. The van der Waals surface area contributed by atoms with Gasteiger partial charge in [0.25, 0.3) is 5.91 Å². The van der Waals surface area contributed by atoms with Gasteiger partial charge in [-0.3, -0.25) is 4.79 Å². The van der Waals surface area contributed by atoms with E-state index in [-0.39, 0.29) is 0 Å². The quantitative estimate of drug-likeness (QED) is 0.799. The number of aliphatic hydroxyl groups is 1. The van der Waals surface area contributed by atoms with Gasteiger partial charge in [0.2, 0.25) is 0 Å². The van der Waals surface area contributed by atoms with Crippen LogP contribution >= 0.6 is 0 Å². The molecule has 84 valence electrons. The van der Waals surface area contributed by atoms with Crippen molar-refractivity contribution in [3.8, 4) is 0 Å². The number of hydrogen-bond donors (Lipinski definition) is 2. The van der Waals surface area contributed by atoms with Gasteiger partial charge in [-0.1, -0.05) is 57.0 Å². The molecule has 1 aromatic rings. The molecule has 1 atom stereocenters. The highest BCUT2D eigenvalue weighted by Gasteiger charge is 2.11. The predicted molar refractivity (Wildman–Crippen MR) is 61.2 cm³/mol. The Kier molecular flexibility index (Phi) is 7.28. The fourth-order valence-corrected chi connectivity index (χ4v) is 0.800. The maximum atomic E-state index is 10.5. The lowest BCUT2D eigenvalue weighted by Gasteiger charge is -2.04. The van der Waals surface area contributed by atoms with Gasteiger partial charge < -0.3 is 10.8 Å². The van der Waals surface area contributed by atoms with Crippen LogP contribution < -0.4 is 5.73 Å². The smallest absolute Gasteiger partial charge is 0.250 e. The van der Waals surface area contributed by atoms with E-state index in [0.717, 1.165) is 0 Å². The largest absolute Gasteiger partial charge is 0.378 e. The van der Waals surface area contributed by atoms with Crippen LogP contribution in [0.1, 0.15) is 38.4 Å². The molecule has 0 saturated heterocycles. The van der Waals surface area contributed by atoms with Crippen LogP contribution in [0.25, 0.3) is 0 Å². The molecule has 0 fully saturated rings. The molecule has 1 amide bonds. The lowest BCUT2D eigenvalue weighted by molar-refractivity contribution is -0.126. The SMILES string of the molecule is CCCC.NC(=O)C(O)c1ccccc1. The zero-order valence-electron chi connectivity index (χ0n) is 9.31. The van der Waals surface area contributed by atoms with Crippen molar-refractivity contribution in [3.63, 3.8) is 0 Å². The Hall–Kier alpha value is -1.35. The van der Waals surface area contributed by atoms with E-state index in [2.05, 4.69) is 13.8 Å². The molecular weight excluding hydrogens is 190 g/mol. The van der Waals surface area contributed by atoms with Crippen molar-refractivity contribution in [2.45, 2.75) is 32.8 Å². The highest BCUT2D eigenvalue weighted by atomic mass is 16.3. The van der Waals surface area contributed by atoms with Crippen LogP contribution in [0, 0.1) is 0 Å². The number of carbonyl (C=O) groups is 1. The molecule has 15 heavy (non-hydrogen) atoms. The Morgan fingerprint density at radius 1 is 1.27 bits per heavy atom. The fraction of sp³-hybridized carbons (Fsp3) is 0.417. The third-order valence-corrected chi connectivity index (χ3v) is 1.88. The third kappa shape index (κ3) is 5.86. The summed E-state index contributed by atoms with van der Waals surface area (Å²) in [6.07, 6.45) is 1.45. The molecule has 0 saturated carbocycles. The first kappa shape index (κ1) is 13.7. The van der Waals surface area contributed by atoms with Gasteiger partial charge >= 0.3 is 0 Å². The standard InChI is InChI=1S/C8H9NO2.C4H10/c9-8(11)7(10)6-4-2-1-3-5-6;1-3-4-2/h1-5,7,10H,(H2,9,11);3-4H2,1-2H3. The molecule has 0 aliphatic rings. The number of aliphatic hydroxyl groups excluding tert-OH is 1. The molecule has 1 aromatic carbocycles. The Labute approximate surface area is 90.9 Å². The maximum absolute atomic E-state index is 10.5. The first-order valence-corrected chi connectivity index (χ1v) is 5.15. The summed E-state index contributed by atoms with van der Waals surface area (Å²) in [7, 11) is 0. The molecule has 3 nitrogen and oxygen atoms in total. The van der Waals surface area contributed by atoms with Crippen molar-refractivity contribution in [1.29, 1.82) is 0 Å². The van der Waals surface area contributed by atoms with Gasteiger partial charge in [-0.2, -0.15) is 0 Å². The lowest BCUT2D eigenvalue weighted by Crippen LogP contribution is -2.20. The van der Waals surface area contributed by atoms with Crippen LogP contribution in [-0.4, -0.2) is 11.0 Å². The molecule has 0 aliphatic carbocycles. The second-order valence-electron chi connectivity index (χ2n) is 3.22. The molecule has 1 rings (SSSR count). The summed E-state index contributed by atoms with van der Waals surface area (Å²) in [4.78, 5) is 10.5. The molecule has 0 bridgehead atoms. The topological polar surface area (TPSA) is 63.3 Å². The number of rotatable bonds is 3. The Morgan fingerprint density at radius 2 is 1.73 bits per heavy atom. The molecule has 0 heterocycles. The molecule has 0 aliphatic heterocycles. The maximum Gasteiger partial charge on any atom is 0.250 e. The van der Waals surface area contributed by atoms with E-state index >= 15 is 0 Å². The first-order chi connectivity index (χ1) is 7.13. The monoisotopic (exact) mass is 209 g/mol. The van der Waals surface area contributed by atoms with Gasteiger partial charge in [-0.15, -0.1) is 0 Å². The van der Waals surface area contributed by atoms with E-state index in [9.17, 15) is 4.79 Å². The summed E-state index contributed by atoms with van der Waals surface area (Å²) in [5.41, 5.74) is 5.41. The zero-order chi connectivity index (χ0) is 11.7. The van der Waals surface area contributed by atoms with E-state index in [1.807, 2.05) is 0 Å². The molecule has 0 spiro atoms. The summed E-state index contributed by atoms with van der Waals surface area (Å²) in [6, 6.07) is 8.57. The number of unbranched alkanes of at least 4 members (excludes halogenated alkanes) is 1. The minimum absolute atomic E-state index is 0.528. The number of hydrogen-bond acceptors (Lipinski definition) is 2. The minimum atomic E-state index is -1.18. The van der Waals surface area contributed by atoms with Gasteiger partial charge in [0.15, 0.2) is 6.10 Å². The number of primary amides is 1. The number of amides is 1. The Bertz CT molecular complexity index is 270.